The van der Waals surface area contributed by atoms with Gasteiger partial charge in [0, 0.05) is 3.57 Å². The van der Waals surface area contributed by atoms with Crippen LogP contribution in [0.3, 0.4) is 0 Å². The molecule has 0 bridgehead atoms. The number of ether oxygens (including phenoxy) is 2. The second-order valence-corrected chi connectivity index (χ2v) is 4.37. The molecule has 0 heterocycles. The van der Waals surface area contributed by atoms with Gasteiger partial charge >= 0.3 is 12.3 Å². The maximum Gasteiger partial charge on any atom is 0.573 e. The van der Waals surface area contributed by atoms with Crippen LogP contribution < -0.4 is 4.74 Å². The molecule has 0 atom stereocenters. The third kappa shape index (κ3) is 4.27. The summed E-state index contributed by atoms with van der Waals surface area (Å²) in [6.45, 7) is 1.72. The number of carbonyl (C=O) groups excluding carboxylic acids is 1. The van der Waals surface area contributed by atoms with Crippen LogP contribution in [0.4, 0.5) is 13.2 Å². The monoisotopic (exact) mass is 385 g/mol. The summed E-state index contributed by atoms with van der Waals surface area (Å²) in [5.41, 5.74) is -0.366. The van der Waals surface area contributed by atoms with Crippen molar-refractivity contribution in [2.45, 2.75) is 13.3 Å². The van der Waals surface area contributed by atoms with E-state index < -0.39 is 18.1 Å². The van der Waals surface area contributed by atoms with E-state index in [0.29, 0.717) is 0 Å². The average molecular weight is 385 g/mol. The molecule has 0 aliphatic carbocycles. The number of nitriles is 1. The van der Waals surface area contributed by atoms with Gasteiger partial charge in [0.05, 0.1) is 17.7 Å². The van der Waals surface area contributed by atoms with Crippen LogP contribution in [0.2, 0.25) is 0 Å². The van der Waals surface area contributed by atoms with Gasteiger partial charge in [-0.15, -0.1) is 13.2 Å². The number of halogens is 4. The van der Waals surface area contributed by atoms with E-state index in [4.69, 9.17) is 10.00 Å². The zero-order chi connectivity index (χ0) is 14.6. The Hall–Kier alpha value is -1.50. The van der Waals surface area contributed by atoms with Crippen LogP contribution in [0.25, 0.3) is 0 Å². The Morgan fingerprint density at radius 3 is 2.58 bits per heavy atom. The molecular weight excluding hydrogens is 378 g/mol. The molecule has 4 nitrogen and oxygen atoms in total. The van der Waals surface area contributed by atoms with Crippen LogP contribution in [-0.4, -0.2) is 18.9 Å². The number of hydrogen-bond donors (Lipinski definition) is 0. The van der Waals surface area contributed by atoms with Gasteiger partial charge < -0.3 is 9.47 Å². The molecule has 0 spiro atoms. The Bertz CT molecular complexity index is 537. The fourth-order valence-corrected chi connectivity index (χ4v) is 1.88. The highest BCUT2D eigenvalue weighted by Gasteiger charge is 2.33. The van der Waals surface area contributed by atoms with E-state index in [1.165, 1.54) is 0 Å². The minimum absolute atomic E-state index is 0.0218. The fourth-order valence-electron chi connectivity index (χ4n) is 1.22. The summed E-state index contributed by atoms with van der Waals surface area (Å²) in [7, 11) is 0. The number of rotatable bonds is 3. The maximum absolute atomic E-state index is 12.1. The van der Waals surface area contributed by atoms with Gasteiger partial charge in [-0.05, 0) is 41.6 Å². The van der Waals surface area contributed by atoms with Gasteiger partial charge in [-0.1, -0.05) is 0 Å². The zero-order valence-corrected chi connectivity index (χ0v) is 11.7. The van der Waals surface area contributed by atoms with Crippen LogP contribution in [0.15, 0.2) is 12.1 Å². The zero-order valence-electron chi connectivity index (χ0n) is 9.55. The first-order valence-corrected chi connectivity index (χ1v) is 6.03. The largest absolute Gasteiger partial charge is 0.573 e. The predicted octanol–water partition coefficient (Wildman–Crippen LogP) is 3.24. The van der Waals surface area contributed by atoms with Crippen molar-refractivity contribution in [3.8, 4) is 11.8 Å². The van der Waals surface area contributed by atoms with Crippen molar-refractivity contribution < 1.29 is 27.4 Å². The lowest BCUT2D eigenvalue weighted by Crippen LogP contribution is -2.18. The number of carbonyl (C=O) groups is 1. The Morgan fingerprint density at radius 2 is 2.11 bits per heavy atom. The molecule has 0 aliphatic rings. The Labute approximate surface area is 120 Å². The molecule has 0 aromatic heterocycles. The highest BCUT2D eigenvalue weighted by molar-refractivity contribution is 14.1. The van der Waals surface area contributed by atoms with Crippen molar-refractivity contribution in [3.05, 3.63) is 26.8 Å². The van der Waals surface area contributed by atoms with Crippen LogP contribution >= 0.6 is 22.6 Å². The van der Waals surface area contributed by atoms with Crippen molar-refractivity contribution in [1.82, 2.24) is 0 Å². The SMILES string of the molecule is CCOC(=O)c1cc(C#N)c(OC(F)(F)F)cc1I. The van der Waals surface area contributed by atoms with Crippen LogP contribution in [0, 0.1) is 14.9 Å². The van der Waals surface area contributed by atoms with E-state index in [0.717, 1.165) is 12.1 Å². The van der Waals surface area contributed by atoms with Crippen LogP contribution in [0.1, 0.15) is 22.8 Å². The lowest BCUT2D eigenvalue weighted by atomic mass is 10.1. The molecule has 0 N–H and O–H groups in total. The lowest BCUT2D eigenvalue weighted by molar-refractivity contribution is -0.274. The molecule has 19 heavy (non-hydrogen) atoms. The summed E-state index contributed by atoms with van der Waals surface area (Å²) < 4.78 is 45.1. The molecule has 1 aromatic carbocycles. The third-order valence-corrected chi connectivity index (χ3v) is 2.80. The molecule has 0 aliphatic heterocycles. The predicted molar refractivity (Wildman–Crippen MR) is 66.5 cm³/mol. The average Bonchev–Trinajstić information content (AvgIpc) is 2.27. The molecular formula is C11H7F3INO3. The third-order valence-electron chi connectivity index (χ3n) is 1.91. The Balaban J connectivity index is 3.22. The summed E-state index contributed by atoms with van der Waals surface area (Å²) >= 11 is 1.67. The fraction of sp³-hybridized carbons (Fsp3) is 0.273. The van der Waals surface area contributed by atoms with Crippen molar-refractivity contribution in [1.29, 1.82) is 5.26 Å². The topological polar surface area (TPSA) is 59.3 Å². The summed E-state index contributed by atoms with van der Waals surface area (Å²) in [4.78, 5) is 11.5. The molecule has 1 aromatic rings. The lowest BCUT2D eigenvalue weighted by Gasteiger charge is -2.12. The molecule has 0 saturated heterocycles. The number of benzene rings is 1. The van der Waals surface area contributed by atoms with E-state index >= 15 is 0 Å². The molecule has 0 saturated carbocycles. The Kier molecular flexibility index (Phi) is 4.99. The van der Waals surface area contributed by atoms with Gasteiger partial charge in [-0.3, -0.25) is 0 Å². The molecule has 0 unspecified atom stereocenters. The molecule has 0 fully saturated rings. The Morgan fingerprint density at radius 1 is 1.47 bits per heavy atom. The first-order valence-electron chi connectivity index (χ1n) is 4.95. The van der Waals surface area contributed by atoms with Crippen LogP contribution in [0.5, 0.6) is 5.75 Å². The number of nitrogens with zero attached hydrogens (tertiary/aromatic N) is 1. The second kappa shape index (κ2) is 6.10. The molecule has 0 radical (unpaired) electrons. The highest BCUT2D eigenvalue weighted by Crippen LogP contribution is 2.30. The van der Waals surface area contributed by atoms with Gasteiger partial charge in [0.25, 0.3) is 0 Å². The number of esters is 1. The van der Waals surface area contributed by atoms with E-state index in [9.17, 15) is 18.0 Å². The van der Waals surface area contributed by atoms with Gasteiger partial charge in [-0.2, -0.15) is 5.26 Å². The minimum atomic E-state index is -4.90. The molecule has 102 valence electrons. The van der Waals surface area contributed by atoms with Gasteiger partial charge in [0.2, 0.25) is 0 Å². The molecule has 0 amide bonds. The quantitative estimate of drug-likeness (QED) is 0.592. The van der Waals surface area contributed by atoms with Crippen LogP contribution in [-0.2, 0) is 4.74 Å². The first-order chi connectivity index (χ1) is 8.78. The second-order valence-electron chi connectivity index (χ2n) is 3.21. The van der Waals surface area contributed by atoms with Crippen molar-refractivity contribution in [2.24, 2.45) is 0 Å². The van der Waals surface area contributed by atoms with E-state index in [1.807, 2.05) is 0 Å². The summed E-state index contributed by atoms with van der Waals surface area (Å²) in [5, 5.41) is 8.79. The number of hydrogen-bond acceptors (Lipinski definition) is 4. The summed E-state index contributed by atoms with van der Waals surface area (Å²) in [6, 6.07) is 3.53. The maximum atomic E-state index is 12.1. The first kappa shape index (κ1) is 15.6. The van der Waals surface area contributed by atoms with Crippen molar-refractivity contribution in [3.63, 3.8) is 0 Å². The van der Waals surface area contributed by atoms with Gasteiger partial charge in [0.1, 0.15) is 11.8 Å². The summed E-state index contributed by atoms with van der Waals surface area (Å²) in [6.07, 6.45) is -4.90. The standard InChI is InChI=1S/C11H7F3INO3/c1-2-18-10(17)7-3-6(5-16)9(4-8(7)15)19-11(12,13)14/h3-4H,2H2,1H3. The van der Waals surface area contributed by atoms with Gasteiger partial charge in [-0.25, -0.2) is 4.79 Å². The van der Waals surface area contributed by atoms with Gasteiger partial charge in [0.15, 0.2) is 0 Å². The van der Waals surface area contributed by atoms with E-state index in [-0.39, 0.29) is 21.3 Å². The number of alkyl halides is 3. The van der Waals surface area contributed by atoms with Crippen molar-refractivity contribution in [2.75, 3.05) is 6.61 Å². The van der Waals surface area contributed by atoms with E-state index in [2.05, 4.69) is 4.74 Å². The van der Waals surface area contributed by atoms with E-state index in [1.54, 1.807) is 35.6 Å². The van der Waals surface area contributed by atoms with Crippen molar-refractivity contribution >= 4 is 28.6 Å². The minimum Gasteiger partial charge on any atom is -0.462 e. The smallest absolute Gasteiger partial charge is 0.462 e. The summed E-state index contributed by atoms with van der Waals surface area (Å²) in [5.74, 6) is -1.35. The molecule has 1 rings (SSSR count). The normalized spacial score (nSPS) is 10.7. The highest BCUT2D eigenvalue weighted by atomic mass is 127. The molecule has 8 heteroatoms.